The maximum absolute atomic E-state index is 11.1. The summed E-state index contributed by atoms with van der Waals surface area (Å²) in [6.07, 6.45) is 3.58. The van der Waals surface area contributed by atoms with E-state index in [2.05, 4.69) is 103 Å². The fraction of sp³-hybridized carbons (Fsp3) is 0.375. The van der Waals surface area contributed by atoms with Gasteiger partial charge in [0.25, 0.3) is 0 Å². The molecule has 0 amide bonds. The van der Waals surface area contributed by atoms with Gasteiger partial charge in [0.15, 0.2) is 0 Å². The Morgan fingerprint density at radius 3 is 1.02 bits per heavy atom. The third-order valence-corrected chi connectivity index (χ3v) is 15.2. The topological polar surface area (TPSA) is 65.2 Å². The average molecular weight is 605 g/mol. The molecule has 2 N–H and O–H groups in total. The Balaban J connectivity index is 1.92. The molecule has 0 aliphatic heterocycles. The molecule has 0 aromatic heterocycles. The van der Waals surface area contributed by atoms with Gasteiger partial charge in [0.2, 0.25) is 0 Å². The molecule has 0 spiro atoms. The number of hydrogen-bond acceptors (Lipinski definition) is 4. The molecule has 4 nitrogen and oxygen atoms in total. The van der Waals surface area contributed by atoms with E-state index < -0.39 is 32.3 Å². The number of benzene rings is 3. The Morgan fingerprint density at radius 1 is 0.475 bits per heavy atom. The molecule has 8 heteroatoms. The molecule has 0 radical (unpaired) electrons. The molecule has 0 saturated heterocycles. The normalized spacial score (nSPS) is 13.5. The molecular weight excluding hydrogens is 557 g/mol. The number of rotatable bonds is 8. The van der Waals surface area contributed by atoms with Gasteiger partial charge in [-0.3, -0.25) is 9.98 Å². The molecule has 3 aromatic carbocycles. The van der Waals surface area contributed by atoms with Crippen LogP contribution in [0.2, 0.25) is 78.6 Å². The van der Waals surface area contributed by atoms with Crippen molar-refractivity contribution in [2.24, 2.45) is 9.98 Å². The number of hydrogen-bond donors (Lipinski definition) is 2. The van der Waals surface area contributed by atoms with Crippen molar-refractivity contribution in [1.29, 1.82) is 0 Å². The van der Waals surface area contributed by atoms with Crippen LogP contribution in [0.25, 0.3) is 0 Å². The van der Waals surface area contributed by atoms with Crippen LogP contribution in [0.3, 0.4) is 0 Å². The zero-order valence-corrected chi connectivity index (χ0v) is 30.6. The SMILES string of the molecule is C[Si](C)(C)c1cc(C=Nc2ccc(N=Cc3cc([Si](C)(C)C)cc([Si](C)(C)C)c3O)cc2)c(O)c([Si](C)(C)C)c1. The van der Waals surface area contributed by atoms with Gasteiger partial charge < -0.3 is 10.2 Å². The minimum absolute atomic E-state index is 0.365. The van der Waals surface area contributed by atoms with Gasteiger partial charge in [0.05, 0.1) is 43.7 Å². The van der Waals surface area contributed by atoms with Crippen molar-refractivity contribution in [3.8, 4) is 11.5 Å². The van der Waals surface area contributed by atoms with Crippen molar-refractivity contribution in [3.05, 3.63) is 59.7 Å². The second kappa shape index (κ2) is 11.4. The fourth-order valence-electron chi connectivity index (χ4n) is 4.43. The van der Waals surface area contributed by atoms with E-state index in [0.29, 0.717) is 11.5 Å². The fourth-order valence-corrected chi connectivity index (χ4v) is 9.94. The van der Waals surface area contributed by atoms with E-state index in [4.69, 9.17) is 9.98 Å². The Bertz CT molecular complexity index is 1320. The van der Waals surface area contributed by atoms with Crippen LogP contribution in [-0.4, -0.2) is 54.9 Å². The van der Waals surface area contributed by atoms with E-state index in [1.54, 1.807) is 12.4 Å². The number of phenolic OH excluding ortho intramolecular Hbond substituents is 2. The maximum Gasteiger partial charge on any atom is 0.123 e. The summed E-state index contributed by atoms with van der Waals surface area (Å²) in [6, 6.07) is 16.5. The highest BCUT2D eigenvalue weighted by atomic mass is 28.3. The molecule has 0 atom stereocenters. The van der Waals surface area contributed by atoms with Crippen LogP contribution < -0.4 is 20.7 Å². The zero-order valence-electron chi connectivity index (χ0n) is 26.6. The van der Waals surface area contributed by atoms with Crippen LogP contribution in [0.15, 0.2) is 58.5 Å². The maximum atomic E-state index is 11.1. The van der Waals surface area contributed by atoms with Crippen molar-refractivity contribution in [2.45, 2.75) is 78.6 Å². The molecule has 0 aliphatic rings. The van der Waals surface area contributed by atoms with Crippen molar-refractivity contribution < 1.29 is 10.2 Å². The predicted octanol–water partition coefficient (Wildman–Crippen LogP) is 6.78. The molecule has 0 fully saturated rings. The first-order valence-electron chi connectivity index (χ1n) is 14.1. The van der Waals surface area contributed by atoms with Crippen LogP contribution >= 0.6 is 0 Å². The summed E-state index contributed by atoms with van der Waals surface area (Å²) in [5.74, 6) is 0.730. The van der Waals surface area contributed by atoms with Crippen molar-refractivity contribution >= 4 is 76.8 Å². The predicted molar refractivity (Wildman–Crippen MR) is 189 cm³/mol. The highest BCUT2D eigenvalue weighted by Gasteiger charge is 2.27. The quantitative estimate of drug-likeness (QED) is 0.220. The minimum Gasteiger partial charge on any atom is -0.507 e. The second-order valence-corrected chi connectivity index (χ2v) is 35.2. The summed E-state index contributed by atoms with van der Waals surface area (Å²) in [6.45, 7) is 27.6. The standard InChI is InChI=1S/C32H48N2O2Si4/c1-37(2,3)27-17-23(31(35)29(19-27)39(7,8)9)21-33-25-13-15-26(16-14-25)34-22-24-18-28(38(4,5)6)20-30(32(24)36)40(10,11)12/h13-22,35-36H,1-12H3. The van der Waals surface area contributed by atoms with Crippen molar-refractivity contribution in [2.75, 3.05) is 0 Å². The molecule has 214 valence electrons. The van der Waals surface area contributed by atoms with Crippen molar-refractivity contribution in [1.82, 2.24) is 0 Å². The van der Waals surface area contributed by atoms with E-state index >= 15 is 0 Å². The highest BCUT2D eigenvalue weighted by molar-refractivity contribution is 6.92. The summed E-state index contributed by atoms with van der Waals surface area (Å²) in [7, 11) is -6.57. The largest absolute Gasteiger partial charge is 0.507 e. The van der Waals surface area contributed by atoms with E-state index in [1.807, 2.05) is 24.3 Å². The number of nitrogens with zero attached hydrogens (tertiary/aromatic N) is 2. The number of phenols is 2. The zero-order chi connectivity index (χ0) is 30.3. The molecule has 3 rings (SSSR count). The molecule has 0 saturated carbocycles. The van der Waals surface area contributed by atoms with Gasteiger partial charge in [-0.1, -0.05) is 113 Å². The Hall–Kier alpha value is -2.53. The summed E-state index contributed by atoms with van der Waals surface area (Å²) in [5.41, 5.74) is 3.18. The molecular formula is C32H48N2O2Si4. The van der Waals surface area contributed by atoms with Crippen LogP contribution in [-0.2, 0) is 0 Å². The van der Waals surface area contributed by atoms with E-state index in [9.17, 15) is 10.2 Å². The molecule has 3 aromatic rings. The molecule has 0 bridgehead atoms. The lowest BCUT2D eigenvalue weighted by atomic mass is 10.2. The van der Waals surface area contributed by atoms with Gasteiger partial charge in [-0.2, -0.15) is 0 Å². The third kappa shape index (κ3) is 7.81. The number of aromatic hydroxyl groups is 2. The lowest BCUT2D eigenvalue weighted by Crippen LogP contribution is -2.45. The Morgan fingerprint density at radius 2 is 0.775 bits per heavy atom. The second-order valence-electron chi connectivity index (χ2n) is 15.0. The summed E-state index contributed by atoms with van der Waals surface area (Å²) >= 11 is 0. The first-order valence-corrected chi connectivity index (χ1v) is 28.1. The van der Waals surface area contributed by atoms with Gasteiger partial charge in [0.1, 0.15) is 11.5 Å². The van der Waals surface area contributed by atoms with Crippen LogP contribution in [0, 0.1) is 0 Å². The summed E-state index contributed by atoms with van der Waals surface area (Å²) < 4.78 is 0. The van der Waals surface area contributed by atoms with Crippen molar-refractivity contribution in [3.63, 3.8) is 0 Å². The minimum atomic E-state index is -1.72. The smallest absolute Gasteiger partial charge is 0.123 e. The average Bonchev–Trinajstić information content (AvgIpc) is 2.80. The van der Waals surface area contributed by atoms with E-state index in [1.165, 1.54) is 10.4 Å². The van der Waals surface area contributed by atoms with Crippen LogP contribution in [0.5, 0.6) is 11.5 Å². The highest BCUT2D eigenvalue weighted by Crippen LogP contribution is 2.23. The Labute approximate surface area is 246 Å². The van der Waals surface area contributed by atoms with Gasteiger partial charge in [-0.15, -0.1) is 0 Å². The molecule has 40 heavy (non-hydrogen) atoms. The van der Waals surface area contributed by atoms with E-state index in [-0.39, 0.29) is 0 Å². The molecule has 0 unspecified atom stereocenters. The van der Waals surface area contributed by atoms with Crippen LogP contribution in [0.4, 0.5) is 11.4 Å². The summed E-state index contributed by atoms with van der Waals surface area (Å²) in [4.78, 5) is 9.40. The van der Waals surface area contributed by atoms with Gasteiger partial charge >= 0.3 is 0 Å². The first-order chi connectivity index (χ1) is 18.2. The van der Waals surface area contributed by atoms with Gasteiger partial charge in [-0.05, 0) is 34.6 Å². The van der Waals surface area contributed by atoms with E-state index in [0.717, 1.165) is 32.9 Å². The Kier molecular flexibility index (Phi) is 9.11. The monoisotopic (exact) mass is 604 g/mol. The first kappa shape index (κ1) is 32.0. The molecule has 0 aliphatic carbocycles. The number of aliphatic imine (C=N–C) groups is 2. The van der Waals surface area contributed by atoms with Crippen LogP contribution in [0.1, 0.15) is 11.1 Å². The lowest BCUT2D eigenvalue weighted by molar-refractivity contribution is 0.478. The van der Waals surface area contributed by atoms with Gasteiger partial charge in [-0.25, -0.2) is 0 Å². The summed E-state index contributed by atoms with van der Waals surface area (Å²) in [5, 5.41) is 27.1. The lowest BCUT2D eigenvalue weighted by Gasteiger charge is -2.25. The van der Waals surface area contributed by atoms with Gasteiger partial charge in [0, 0.05) is 23.6 Å². The third-order valence-electron chi connectivity index (χ3n) is 7.18. The molecule has 0 heterocycles.